The van der Waals surface area contributed by atoms with Crippen LogP contribution < -0.4 is 32.3 Å². The molecule has 3 saturated carbocycles. The second-order valence-electron chi connectivity index (χ2n) is 19.9. The second kappa shape index (κ2) is 23.7. The number of nitrogens with two attached hydrogens (primary N) is 1. The zero-order chi connectivity index (χ0) is 47.4. The number of alkyl halides is 3. The number of aromatic nitrogens is 2. The number of amides is 4. The van der Waals surface area contributed by atoms with Gasteiger partial charge in [0.2, 0.25) is 23.6 Å². The van der Waals surface area contributed by atoms with Crippen LogP contribution in [0, 0.1) is 5.92 Å². The molecule has 2 aromatic rings. The van der Waals surface area contributed by atoms with Crippen molar-refractivity contribution in [3.63, 3.8) is 0 Å². The molecule has 0 bridgehead atoms. The molecule has 0 spiro atoms. The quantitative estimate of drug-likeness (QED) is 0.0894. The number of aryl methyl sites for hydroxylation is 1. The molecule has 1 aromatic carbocycles. The van der Waals surface area contributed by atoms with E-state index in [1.54, 1.807) is 0 Å². The minimum absolute atomic E-state index is 0.000833. The van der Waals surface area contributed by atoms with E-state index in [1.807, 2.05) is 4.90 Å². The summed E-state index contributed by atoms with van der Waals surface area (Å²) < 4.78 is 53.4. The van der Waals surface area contributed by atoms with Crippen LogP contribution in [0.3, 0.4) is 0 Å². The number of likely N-dealkylation sites (tertiary alicyclic amines) is 1. The highest BCUT2D eigenvalue weighted by molar-refractivity contribution is 5.93. The van der Waals surface area contributed by atoms with Crippen molar-refractivity contribution in [2.45, 2.75) is 191 Å². The largest absolute Gasteiger partial charge is 0.416 e. The molecule has 4 fully saturated rings. The molecule has 4 aliphatic rings. The van der Waals surface area contributed by atoms with Crippen molar-refractivity contribution in [1.29, 1.82) is 0 Å². The average Bonchev–Trinajstić information content (AvgIpc) is 3.62. The summed E-state index contributed by atoms with van der Waals surface area (Å²) in [5.74, 6) is 0.150. The molecule has 4 atom stereocenters. The molecule has 18 heteroatoms. The smallest absolute Gasteiger partial charge is 0.378 e. The van der Waals surface area contributed by atoms with Gasteiger partial charge in [0.05, 0.1) is 42.0 Å². The van der Waals surface area contributed by atoms with E-state index in [1.165, 1.54) is 13.0 Å². The summed E-state index contributed by atoms with van der Waals surface area (Å²) in [4.78, 5) is 63.1. The number of benzene rings is 1. The van der Waals surface area contributed by atoms with Gasteiger partial charge in [0, 0.05) is 74.9 Å². The van der Waals surface area contributed by atoms with Crippen LogP contribution in [0.25, 0.3) is 10.9 Å². The summed E-state index contributed by atoms with van der Waals surface area (Å²) >= 11 is 0. The van der Waals surface area contributed by atoms with Crippen molar-refractivity contribution in [2.24, 2.45) is 11.7 Å². The third-order valence-corrected chi connectivity index (χ3v) is 13.4. The van der Waals surface area contributed by atoms with Gasteiger partial charge in [-0.15, -0.1) is 0 Å². The van der Waals surface area contributed by atoms with Crippen LogP contribution >= 0.6 is 0 Å². The molecule has 0 radical (unpaired) electrons. The van der Waals surface area contributed by atoms with Crippen molar-refractivity contribution < 1.29 is 41.8 Å². The SMILES string of the molecule is CC(=O)N[C@@H]1C[C@H](NC(C)(C)C)CC[C@@H]1N1CC[C@H](Nc2nc(CCCCNC(=O)[C@H]3CC[C@H](NC(=O)CCCO[C@H]4CC[C@H](OCCN)CC4)CC3)nc3ccc(C(F)(F)F)cc23)C1=O. The number of nitrogens with one attached hydrogen (secondary N) is 5. The first kappa shape index (κ1) is 51.3. The molecule has 15 nitrogen and oxygen atoms in total. The number of unbranched alkanes of at least 4 members (excludes halogenated alkanes) is 1. The zero-order valence-corrected chi connectivity index (χ0v) is 39.4. The lowest BCUT2D eigenvalue weighted by Gasteiger charge is -2.43. The first-order valence-corrected chi connectivity index (χ1v) is 24.5. The average molecular weight is 930 g/mol. The Bertz CT molecular complexity index is 1930. The standard InChI is InChI=1S/C48H74F3N9O6/c1-30(61)54-40-29-34(59-47(2,3)4)15-21-41(40)60-25-22-39(46(60)64)57-44-37-28-32(48(49,50)51)12-20-38(37)56-42(58-44)8-5-6-24-53-45(63)31-10-13-33(14-11-31)55-43(62)9-7-26-65-35-16-18-36(19-17-35)66-27-23-52/h12,20,28,31,33-36,39-41,59H,5-11,13-19,21-27,29,52H2,1-4H3,(H,53,63)(H,54,61)(H,55,62)(H,56,57,58)/t31-,33-,34-,35-,36-,39+,40-,41+/m1/s1. The van der Waals surface area contributed by atoms with Crippen LogP contribution in [-0.4, -0.2) is 119 Å². The van der Waals surface area contributed by atoms with E-state index in [-0.39, 0.29) is 82.7 Å². The maximum atomic E-state index is 14.0. The number of ether oxygens (including phenoxy) is 2. The van der Waals surface area contributed by atoms with Gasteiger partial charge in [-0.2, -0.15) is 13.2 Å². The highest BCUT2D eigenvalue weighted by atomic mass is 19.4. The van der Waals surface area contributed by atoms with Gasteiger partial charge in [0.25, 0.3) is 0 Å². The van der Waals surface area contributed by atoms with E-state index in [0.29, 0.717) is 108 Å². The van der Waals surface area contributed by atoms with Crippen LogP contribution in [-0.2, 0) is 41.2 Å². The lowest BCUT2D eigenvalue weighted by molar-refractivity contribution is -0.137. The van der Waals surface area contributed by atoms with Crippen LogP contribution in [0.4, 0.5) is 19.0 Å². The van der Waals surface area contributed by atoms with Crippen LogP contribution in [0.15, 0.2) is 18.2 Å². The fraction of sp³-hybridized carbons (Fsp3) is 0.750. The van der Waals surface area contributed by atoms with Crippen molar-refractivity contribution in [2.75, 3.05) is 38.2 Å². The van der Waals surface area contributed by atoms with Gasteiger partial charge in [0.1, 0.15) is 17.7 Å². The molecular weight excluding hydrogens is 856 g/mol. The maximum Gasteiger partial charge on any atom is 0.416 e. The number of hydrogen-bond donors (Lipinski definition) is 6. The van der Waals surface area contributed by atoms with E-state index in [4.69, 9.17) is 15.2 Å². The van der Waals surface area contributed by atoms with E-state index in [2.05, 4.69) is 57.3 Å². The van der Waals surface area contributed by atoms with E-state index < -0.39 is 17.8 Å². The number of fused-ring (bicyclic) bond motifs is 1. The monoisotopic (exact) mass is 930 g/mol. The molecule has 0 unspecified atom stereocenters. The van der Waals surface area contributed by atoms with Gasteiger partial charge < -0.3 is 46.7 Å². The lowest BCUT2D eigenvalue weighted by atomic mass is 9.84. The number of nitrogens with zero attached hydrogens (tertiary/aromatic N) is 3. The fourth-order valence-corrected chi connectivity index (χ4v) is 10.2. The van der Waals surface area contributed by atoms with Crippen LogP contribution in [0.5, 0.6) is 0 Å². The highest BCUT2D eigenvalue weighted by Gasteiger charge is 2.43. The Morgan fingerprint density at radius 2 is 1.55 bits per heavy atom. The Morgan fingerprint density at radius 1 is 0.848 bits per heavy atom. The zero-order valence-electron chi connectivity index (χ0n) is 39.4. The van der Waals surface area contributed by atoms with Gasteiger partial charge in [-0.05, 0) is 135 Å². The Labute approximate surface area is 387 Å². The molecule has 6 rings (SSSR count). The molecule has 4 amide bonds. The number of hydrogen-bond acceptors (Lipinski definition) is 11. The predicted molar refractivity (Wildman–Crippen MR) is 246 cm³/mol. The summed E-state index contributed by atoms with van der Waals surface area (Å²) in [5.41, 5.74) is 4.92. The summed E-state index contributed by atoms with van der Waals surface area (Å²) in [6.07, 6.45) is 8.04. The summed E-state index contributed by atoms with van der Waals surface area (Å²) in [7, 11) is 0. The number of rotatable bonds is 20. The molecule has 1 aliphatic heterocycles. The van der Waals surface area contributed by atoms with Crippen LogP contribution in [0.2, 0.25) is 0 Å². The molecule has 3 aliphatic carbocycles. The second-order valence-corrected chi connectivity index (χ2v) is 19.9. The Balaban J connectivity index is 0.943. The summed E-state index contributed by atoms with van der Waals surface area (Å²) in [6, 6.07) is 2.42. The first-order chi connectivity index (χ1) is 31.4. The lowest BCUT2D eigenvalue weighted by Crippen LogP contribution is -2.59. The Hall–Kier alpha value is -4.13. The summed E-state index contributed by atoms with van der Waals surface area (Å²) in [6.45, 7) is 10.3. The van der Waals surface area contributed by atoms with E-state index >= 15 is 0 Å². The van der Waals surface area contributed by atoms with Gasteiger partial charge in [-0.1, -0.05) is 0 Å². The molecule has 2 heterocycles. The summed E-state index contributed by atoms with van der Waals surface area (Å²) in [5, 5.41) is 16.3. The van der Waals surface area contributed by atoms with Gasteiger partial charge in [-0.3, -0.25) is 19.2 Å². The molecule has 1 saturated heterocycles. The van der Waals surface area contributed by atoms with Gasteiger partial charge >= 0.3 is 6.18 Å². The molecular formula is C48H74F3N9O6. The normalized spacial score (nSPS) is 26.3. The van der Waals surface area contributed by atoms with Crippen molar-refractivity contribution >= 4 is 40.3 Å². The van der Waals surface area contributed by atoms with E-state index in [0.717, 1.165) is 57.1 Å². The topological polar surface area (TPSA) is 202 Å². The van der Waals surface area contributed by atoms with Crippen LogP contribution in [0.1, 0.15) is 142 Å². The van der Waals surface area contributed by atoms with Crippen molar-refractivity contribution in [1.82, 2.24) is 36.1 Å². The predicted octanol–water partition coefficient (Wildman–Crippen LogP) is 5.67. The minimum Gasteiger partial charge on any atom is -0.378 e. The van der Waals surface area contributed by atoms with Gasteiger partial charge in [-0.25, -0.2) is 9.97 Å². The first-order valence-electron chi connectivity index (χ1n) is 24.5. The molecule has 7 N–H and O–H groups in total. The Kier molecular flexibility index (Phi) is 18.4. The maximum absolute atomic E-state index is 14.0. The van der Waals surface area contributed by atoms with Crippen molar-refractivity contribution in [3.05, 3.63) is 29.6 Å². The van der Waals surface area contributed by atoms with Crippen molar-refractivity contribution in [3.8, 4) is 0 Å². The minimum atomic E-state index is -4.58. The highest BCUT2D eigenvalue weighted by Crippen LogP contribution is 2.35. The third-order valence-electron chi connectivity index (χ3n) is 13.4. The number of halogens is 3. The Morgan fingerprint density at radius 3 is 2.21 bits per heavy atom. The fourth-order valence-electron chi connectivity index (χ4n) is 10.2. The molecule has 1 aromatic heterocycles. The number of carbonyl (C=O) groups is 4. The number of carbonyl (C=O) groups excluding carboxylic acids is 4. The van der Waals surface area contributed by atoms with Gasteiger partial charge in [0.15, 0.2) is 0 Å². The third kappa shape index (κ3) is 15.2. The molecule has 66 heavy (non-hydrogen) atoms. The van der Waals surface area contributed by atoms with E-state index in [9.17, 15) is 32.3 Å². The molecule has 368 valence electrons. The number of anilines is 1.